The van der Waals surface area contributed by atoms with Crippen LogP contribution in [0.5, 0.6) is 5.75 Å². The van der Waals surface area contributed by atoms with Crippen molar-refractivity contribution in [2.75, 3.05) is 33.5 Å². The van der Waals surface area contributed by atoms with Crippen LogP contribution in [0.4, 0.5) is 4.79 Å². The van der Waals surface area contributed by atoms with Gasteiger partial charge in [0.2, 0.25) is 5.91 Å². The molecule has 2 unspecified atom stereocenters. The summed E-state index contributed by atoms with van der Waals surface area (Å²) in [5.41, 5.74) is 4.10. The van der Waals surface area contributed by atoms with E-state index >= 15 is 0 Å². The molecule has 0 spiro atoms. The van der Waals surface area contributed by atoms with E-state index < -0.39 is 23.8 Å². The van der Waals surface area contributed by atoms with E-state index in [1.54, 1.807) is 16.9 Å². The summed E-state index contributed by atoms with van der Waals surface area (Å²) in [4.78, 5) is 30.0. The van der Waals surface area contributed by atoms with Gasteiger partial charge in [-0.15, -0.1) is 0 Å². The van der Waals surface area contributed by atoms with Crippen molar-refractivity contribution in [1.29, 1.82) is 0 Å². The Hall–Kier alpha value is -3.37. The number of benzene rings is 1. The number of hydrogen-bond donors (Lipinski definition) is 0. The molecule has 0 bridgehead atoms. The molecule has 10 heteroatoms. The van der Waals surface area contributed by atoms with Gasteiger partial charge in [0.1, 0.15) is 23.1 Å². The summed E-state index contributed by atoms with van der Waals surface area (Å²) in [7, 11) is 1.61. The van der Waals surface area contributed by atoms with Crippen molar-refractivity contribution in [3.63, 3.8) is 0 Å². The second-order valence-electron chi connectivity index (χ2n) is 12.4. The van der Waals surface area contributed by atoms with Gasteiger partial charge in [-0.05, 0) is 76.1 Å². The SMILES string of the molecule is C=CC(=O)N1CC(OC2CC2)c2nn(-c3ccc(C4CC4)cc3OCOC)c3c2C(C1)N(C(=O)OC(C)(C)C)CC3. The minimum Gasteiger partial charge on any atom is -0.465 e. The van der Waals surface area contributed by atoms with E-state index in [0.717, 1.165) is 35.5 Å². The quantitative estimate of drug-likeness (QED) is 0.335. The molecule has 0 N–H and O–H groups in total. The van der Waals surface area contributed by atoms with Crippen molar-refractivity contribution in [2.24, 2.45) is 0 Å². The van der Waals surface area contributed by atoms with Crippen LogP contribution in [0.2, 0.25) is 0 Å². The Labute approximate surface area is 241 Å². The van der Waals surface area contributed by atoms with E-state index in [9.17, 15) is 9.59 Å². The maximum Gasteiger partial charge on any atom is 0.410 e. The highest BCUT2D eigenvalue weighted by Gasteiger charge is 2.45. The zero-order chi connectivity index (χ0) is 28.9. The number of hydrogen-bond acceptors (Lipinski definition) is 7. The summed E-state index contributed by atoms with van der Waals surface area (Å²) in [6.07, 6.45) is 5.54. The highest BCUT2D eigenvalue weighted by atomic mass is 16.7. The third-order valence-electron chi connectivity index (χ3n) is 8.02. The molecule has 1 aromatic heterocycles. The second kappa shape index (κ2) is 10.8. The molecule has 2 aliphatic heterocycles. The van der Waals surface area contributed by atoms with Gasteiger partial charge < -0.3 is 23.8 Å². The minimum atomic E-state index is -0.653. The fourth-order valence-corrected chi connectivity index (χ4v) is 5.83. The first-order chi connectivity index (χ1) is 19.7. The number of amides is 2. The number of carbonyl (C=O) groups excluding carboxylic acids is 2. The van der Waals surface area contributed by atoms with Crippen LogP contribution in [0.1, 0.15) is 87.0 Å². The Morgan fingerprint density at radius 3 is 2.59 bits per heavy atom. The summed E-state index contributed by atoms with van der Waals surface area (Å²) in [5, 5.41) is 5.18. The van der Waals surface area contributed by atoms with E-state index in [1.807, 2.05) is 25.5 Å². The molecule has 2 fully saturated rings. The van der Waals surface area contributed by atoms with Gasteiger partial charge in [0.15, 0.2) is 6.79 Å². The highest BCUT2D eigenvalue weighted by Crippen LogP contribution is 2.45. The lowest BCUT2D eigenvalue weighted by molar-refractivity contribution is -0.129. The zero-order valence-electron chi connectivity index (χ0n) is 24.4. The first-order valence-electron chi connectivity index (χ1n) is 14.6. The summed E-state index contributed by atoms with van der Waals surface area (Å²) in [6, 6.07) is 5.88. The maximum absolute atomic E-state index is 13.5. The molecular formula is C31H40N4O6. The Kier molecular flexibility index (Phi) is 7.32. The van der Waals surface area contributed by atoms with Crippen LogP contribution in [0.25, 0.3) is 5.69 Å². The molecular weight excluding hydrogens is 524 g/mol. The van der Waals surface area contributed by atoms with Gasteiger partial charge >= 0.3 is 6.09 Å². The number of aromatic nitrogens is 2. The zero-order valence-corrected chi connectivity index (χ0v) is 24.4. The van der Waals surface area contributed by atoms with Crippen molar-refractivity contribution in [3.8, 4) is 11.4 Å². The Balaban J connectivity index is 1.47. The fraction of sp³-hybridized carbons (Fsp3) is 0.581. The number of nitrogens with zero attached hydrogens (tertiary/aromatic N) is 4. The summed E-state index contributed by atoms with van der Waals surface area (Å²) >= 11 is 0. The van der Waals surface area contributed by atoms with Crippen LogP contribution >= 0.6 is 0 Å². The largest absolute Gasteiger partial charge is 0.465 e. The molecule has 220 valence electrons. The minimum absolute atomic E-state index is 0.124. The maximum atomic E-state index is 13.5. The van der Waals surface area contributed by atoms with Crippen LogP contribution in [-0.2, 0) is 25.4 Å². The van der Waals surface area contributed by atoms with Crippen molar-refractivity contribution in [3.05, 3.63) is 53.4 Å². The van der Waals surface area contributed by atoms with E-state index in [2.05, 4.69) is 24.8 Å². The van der Waals surface area contributed by atoms with Crippen LogP contribution in [0.15, 0.2) is 30.9 Å². The molecule has 2 atom stereocenters. The highest BCUT2D eigenvalue weighted by molar-refractivity contribution is 5.87. The third kappa shape index (κ3) is 5.72. The van der Waals surface area contributed by atoms with Gasteiger partial charge in [-0.2, -0.15) is 5.10 Å². The van der Waals surface area contributed by atoms with Crippen LogP contribution in [0, 0.1) is 0 Å². The standard InChI is InChI=1S/C31H40N4O6/c1-6-27(36)33-16-24-28-23(13-14-34(24)30(37)41-31(2,3)4)35(32-29(28)26(17-33)40-21-10-11-21)22-12-9-20(19-7-8-19)15-25(22)39-18-38-5/h6,9,12,15,19,21,24,26H,1,7-8,10-11,13-14,16-18H2,2-5H3. The summed E-state index contributed by atoms with van der Waals surface area (Å²) in [6.45, 7) is 10.5. The van der Waals surface area contributed by atoms with Gasteiger partial charge in [-0.3, -0.25) is 9.69 Å². The number of ether oxygens (including phenoxy) is 4. The average Bonchev–Trinajstić information content (AvgIpc) is 3.86. The van der Waals surface area contributed by atoms with Crippen LogP contribution in [0.3, 0.4) is 0 Å². The first kappa shape index (κ1) is 27.8. The molecule has 10 nitrogen and oxygen atoms in total. The predicted octanol–water partition coefficient (Wildman–Crippen LogP) is 4.82. The van der Waals surface area contributed by atoms with Crippen molar-refractivity contribution < 1.29 is 28.5 Å². The Bertz CT molecular complexity index is 1340. The number of carbonyl (C=O) groups is 2. The molecule has 2 saturated carbocycles. The molecule has 2 aromatic rings. The second-order valence-corrected chi connectivity index (χ2v) is 12.4. The lowest BCUT2D eigenvalue weighted by Gasteiger charge is -2.38. The van der Waals surface area contributed by atoms with Gasteiger partial charge in [0.05, 0.1) is 30.1 Å². The lowest BCUT2D eigenvalue weighted by atomic mass is 9.95. The lowest BCUT2D eigenvalue weighted by Crippen LogP contribution is -2.47. The monoisotopic (exact) mass is 564 g/mol. The van der Waals surface area contributed by atoms with Gasteiger partial charge in [-0.1, -0.05) is 12.6 Å². The summed E-state index contributed by atoms with van der Waals surface area (Å²) in [5.74, 6) is 1.08. The molecule has 0 radical (unpaired) electrons. The van der Waals surface area contributed by atoms with Crippen LogP contribution < -0.4 is 4.74 Å². The third-order valence-corrected chi connectivity index (χ3v) is 8.02. The molecule has 3 heterocycles. The number of rotatable bonds is 8. The van der Waals surface area contributed by atoms with Crippen molar-refractivity contribution in [2.45, 2.75) is 82.6 Å². The Morgan fingerprint density at radius 1 is 1.15 bits per heavy atom. The van der Waals surface area contributed by atoms with Gasteiger partial charge in [0, 0.05) is 32.2 Å². The van der Waals surface area contributed by atoms with E-state index in [0.29, 0.717) is 37.7 Å². The molecule has 0 saturated heterocycles. The van der Waals surface area contributed by atoms with Gasteiger partial charge in [-0.25, -0.2) is 9.48 Å². The Morgan fingerprint density at radius 2 is 1.93 bits per heavy atom. The molecule has 2 aliphatic carbocycles. The van der Waals surface area contributed by atoms with Crippen LogP contribution in [-0.4, -0.2) is 76.8 Å². The average molecular weight is 565 g/mol. The van der Waals surface area contributed by atoms with Crippen molar-refractivity contribution in [1.82, 2.24) is 19.6 Å². The van der Waals surface area contributed by atoms with E-state index in [1.165, 1.54) is 24.5 Å². The fourth-order valence-electron chi connectivity index (χ4n) is 5.83. The molecule has 6 rings (SSSR count). The van der Waals surface area contributed by atoms with E-state index in [4.69, 9.17) is 24.0 Å². The van der Waals surface area contributed by atoms with E-state index in [-0.39, 0.29) is 18.8 Å². The normalized spacial score (nSPS) is 22.1. The summed E-state index contributed by atoms with van der Waals surface area (Å²) < 4.78 is 25.6. The topological polar surface area (TPSA) is 95.4 Å². The molecule has 4 aliphatic rings. The molecule has 1 aromatic carbocycles. The predicted molar refractivity (Wildman–Crippen MR) is 151 cm³/mol. The first-order valence-corrected chi connectivity index (χ1v) is 14.6. The molecule has 2 amide bonds. The van der Waals surface area contributed by atoms with Crippen molar-refractivity contribution >= 4 is 12.0 Å². The smallest absolute Gasteiger partial charge is 0.410 e. The number of methoxy groups -OCH3 is 1. The molecule has 41 heavy (non-hydrogen) atoms. The van der Waals surface area contributed by atoms with Gasteiger partial charge in [0.25, 0.3) is 0 Å².